The standard InChI is InChI=1S/C13H17ClN4O/c1-18(2)8-7-15-9-12-16-17-13(19-12)10-5-3-4-6-11(10)14/h3-6,15H,7-9H2,1-2H3. The molecule has 19 heavy (non-hydrogen) atoms. The van der Waals surface area contributed by atoms with E-state index in [1.165, 1.54) is 0 Å². The third kappa shape index (κ3) is 4.02. The Bertz CT molecular complexity index is 527. The number of hydrogen-bond acceptors (Lipinski definition) is 5. The van der Waals surface area contributed by atoms with Gasteiger partial charge in [0.05, 0.1) is 17.1 Å². The first-order chi connectivity index (χ1) is 9.16. The molecule has 2 aromatic rings. The lowest BCUT2D eigenvalue weighted by Gasteiger charge is -2.08. The number of benzene rings is 1. The fourth-order valence-corrected chi connectivity index (χ4v) is 1.78. The zero-order chi connectivity index (χ0) is 13.7. The number of rotatable bonds is 6. The van der Waals surface area contributed by atoms with Gasteiger partial charge in [-0.1, -0.05) is 23.7 Å². The number of nitrogens with one attached hydrogen (secondary N) is 1. The Kier molecular flexibility index (Phi) is 4.90. The Morgan fingerprint density at radius 1 is 1.26 bits per heavy atom. The lowest BCUT2D eigenvalue weighted by molar-refractivity contribution is 0.390. The molecule has 6 heteroatoms. The average molecular weight is 281 g/mol. The number of hydrogen-bond donors (Lipinski definition) is 1. The predicted molar refractivity (Wildman–Crippen MR) is 75.0 cm³/mol. The number of aromatic nitrogens is 2. The zero-order valence-corrected chi connectivity index (χ0v) is 11.8. The topological polar surface area (TPSA) is 54.2 Å². The maximum absolute atomic E-state index is 6.08. The smallest absolute Gasteiger partial charge is 0.249 e. The van der Waals surface area contributed by atoms with Crippen molar-refractivity contribution in [3.63, 3.8) is 0 Å². The molecule has 5 nitrogen and oxygen atoms in total. The van der Waals surface area contributed by atoms with Crippen molar-refractivity contribution in [3.8, 4) is 11.5 Å². The molecule has 0 aliphatic heterocycles. The van der Waals surface area contributed by atoms with Gasteiger partial charge < -0.3 is 14.6 Å². The van der Waals surface area contributed by atoms with Gasteiger partial charge in [-0.05, 0) is 26.2 Å². The molecule has 0 aliphatic carbocycles. The van der Waals surface area contributed by atoms with Crippen LogP contribution >= 0.6 is 11.6 Å². The summed E-state index contributed by atoms with van der Waals surface area (Å²) in [5.41, 5.74) is 0.760. The van der Waals surface area contributed by atoms with Crippen LogP contribution in [0.25, 0.3) is 11.5 Å². The Balaban J connectivity index is 1.94. The van der Waals surface area contributed by atoms with Crippen molar-refractivity contribution in [2.75, 3.05) is 27.2 Å². The molecule has 0 aliphatic rings. The van der Waals surface area contributed by atoms with Crippen molar-refractivity contribution < 1.29 is 4.42 Å². The van der Waals surface area contributed by atoms with Crippen LogP contribution in [0.4, 0.5) is 0 Å². The van der Waals surface area contributed by atoms with Gasteiger partial charge in [0.2, 0.25) is 11.8 Å². The molecule has 0 saturated carbocycles. The molecule has 1 heterocycles. The largest absolute Gasteiger partial charge is 0.419 e. The summed E-state index contributed by atoms with van der Waals surface area (Å²) in [4.78, 5) is 2.11. The third-order valence-electron chi connectivity index (χ3n) is 2.58. The highest BCUT2D eigenvalue weighted by molar-refractivity contribution is 6.33. The van der Waals surface area contributed by atoms with Gasteiger partial charge in [-0.25, -0.2) is 0 Å². The van der Waals surface area contributed by atoms with Crippen molar-refractivity contribution in [2.24, 2.45) is 0 Å². The van der Waals surface area contributed by atoms with E-state index in [2.05, 4.69) is 20.4 Å². The number of likely N-dealkylation sites (N-methyl/N-ethyl adjacent to an activating group) is 1. The Morgan fingerprint density at radius 3 is 2.79 bits per heavy atom. The van der Waals surface area contributed by atoms with E-state index in [1.54, 1.807) is 6.07 Å². The van der Waals surface area contributed by atoms with Gasteiger partial charge in [-0.15, -0.1) is 10.2 Å². The summed E-state index contributed by atoms with van der Waals surface area (Å²) < 4.78 is 5.57. The summed E-state index contributed by atoms with van der Waals surface area (Å²) in [6.07, 6.45) is 0. The normalized spacial score (nSPS) is 11.2. The second kappa shape index (κ2) is 6.65. The molecule has 0 spiro atoms. The van der Waals surface area contributed by atoms with Crippen LogP contribution in [0.1, 0.15) is 5.89 Å². The van der Waals surface area contributed by atoms with Crippen LogP contribution in [0.2, 0.25) is 5.02 Å². The number of halogens is 1. The van der Waals surface area contributed by atoms with Gasteiger partial charge >= 0.3 is 0 Å². The maximum Gasteiger partial charge on any atom is 0.249 e. The van der Waals surface area contributed by atoms with Crippen LogP contribution in [0.3, 0.4) is 0 Å². The molecule has 0 saturated heterocycles. The van der Waals surface area contributed by atoms with Crippen LogP contribution in [-0.2, 0) is 6.54 Å². The van der Waals surface area contributed by atoms with Gasteiger partial charge in [0, 0.05) is 13.1 Å². The Morgan fingerprint density at radius 2 is 2.05 bits per heavy atom. The summed E-state index contributed by atoms with van der Waals surface area (Å²) in [5, 5.41) is 11.9. The summed E-state index contributed by atoms with van der Waals surface area (Å²) >= 11 is 6.08. The molecule has 0 unspecified atom stereocenters. The quantitative estimate of drug-likeness (QED) is 0.821. The van der Waals surface area contributed by atoms with Crippen molar-refractivity contribution in [1.29, 1.82) is 0 Å². The van der Waals surface area contributed by atoms with E-state index in [4.69, 9.17) is 16.0 Å². The van der Waals surface area contributed by atoms with E-state index in [-0.39, 0.29) is 0 Å². The second-order valence-corrected chi connectivity index (χ2v) is 4.87. The molecular formula is C13H17ClN4O. The van der Waals surface area contributed by atoms with E-state index in [1.807, 2.05) is 32.3 Å². The molecule has 0 radical (unpaired) electrons. The lowest BCUT2D eigenvalue weighted by Crippen LogP contribution is -2.26. The zero-order valence-electron chi connectivity index (χ0n) is 11.1. The minimum absolute atomic E-state index is 0.454. The maximum atomic E-state index is 6.08. The molecule has 1 aromatic heterocycles. The van der Waals surface area contributed by atoms with Crippen molar-refractivity contribution in [2.45, 2.75) is 6.54 Å². The summed E-state index contributed by atoms with van der Waals surface area (Å²) in [6, 6.07) is 7.42. The third-order valence-corrected chi connectivity index (χ3v) is 2.91. The van der Waals surface area contributed by atoms with Crippen molar-refractivity contribution in [3.05, 3.63) is 35.2 Å². The van der Waals surface area contributed by atoms with Crippen molar-refractivity contribution in [1.82, 2.24) is 20.4 Å². The van der Waals surface area contributed by atoms with E-state index < -0.39 is 0 Å². The first-order valence-electron chi connectivity index (χ1n) is 6.09. The molecule has 0 bridgehead atoms. The van der Waals surface area contributed by atoms with Gasteiger partial charge in [-0.3, -0.25) is 0 Å². The molecule has 0 amide bonds. The monoisotopic (exact) mass is 280 g/mol. The molecule has 1 aromatic carbocycles. The van der Waals surface area contributed by atoms with E-state index in [9.17, 15) is 0 Å². The van der Waals surface area contributed by atoms with Crippen LogP contribution in [0.15, 0.2) is 28.7 Å². The second-order valence-electron chi connectivity index (χ2n) is 4.46. The van der Waals surface area contributed by atoms with Gasteiger partial charge in [0.15, 0.2) is 0 Å². The Hall–Kier alpha value is -1.43. The molecular weight excluding hydrogens is 264 g/mol. The van der Waals surface area contributed by atoms with Crippen molar-refractivity contribution >= 4 is 11.6 Å². The minimum Gasteiger partial charge on any atom is -0.419 e. The molecule has 1 N–H and O–H groups in total. The Labute approximate surface area is 117 Å². The highest BCUT2D eigenvalue weighted by atomic mass is 35.5. The first-order valence-corrected chi connectivity index (χ1v) is 6.47. The van der Waals surface area contributed by atoms with E-state index >= 15 is 0 Å². The van der Waals surface area contributed by atoms with Crippen LogP contribution < -0.4 is 5.32 Å². The molecule has 0 atom stereocenters. The predicted octanol–water partition coefficient (Wildman–Crippen LogP) is 2.04. The van der Waals surface area contributed by atoms with Crippen LogP contribution in [0, 0.1) is 0 Å². The summed E-state index contributed by atoms with van der Waals surface area (Å²) in [7, 11) is 4.06. The fourth-order valence-electron chi connectivity index (χ4n) is 1.57. The first kappa shape index (κ1) is 14.0. The fraction of sp³-hybridized carbons (Fsp3) is 0.385. The molecule has 2 rings (SSSR count). The van der Waals surface area contributed by atoms with Gasteiger partial charge in [0.25, 0.3) is 0 Å². The summed E-state index contributed by atoms with van der Waals surface area (Å²) in [6.45, 7) is 2.40. The molecule has 0 fully saturated rings. The SMILES string of the molecule is CN(C)CCNCc1nnc(-c2ccccc2Cl)o1. The number of nitrogens with zero attached hydrogens (tertiary/aromatic N) is 3. The van der Waals surface area contributed by atoms with Crippen LogP contribution in [-0.4, -0.2) is 42.3 Å². The van der Waals surface area contributed by atoms with E-state index in [0.717, 1.165) is 18.7 Å². The molecule has 102 valence electrons. The highest BCUT2D eigenvalue weighted by Crippen LogP contribution is 2.25. The highest BCUT2D eigenvalue weighted by Gasteiger charge is 2.10. The lowest BCUT2D eigenvalue weighted by atomic mass is 10.2. The van der Waals surface area contributed by atoms with Gasteiger partial charge in [0.1, 0.15) is 0 Å². The minimum atomic E-state index is 0.454. The van der Waals surface area contributed by atoms with E-state index in [0.29, 0.717) is 23.3 Å². The average Bonchev–Trinajstić information content (AvgIpc) is 2.83. The van der Waals surface area contributed by atoms with Crippen LogP contribution in [0.5, 0.6) is 0 Å². The van der Waals surface area contributed by atoms with Gasteiger partial charge in [-0.2, -0.15) is 0 Å². The summed E-state index contributed by atoms with van der Waals surface area (Å²) in [5.74, 6) is 1.02.